The number of ether oxygens (including phenoxy) is 1. The molecule has 1 aromatic carbocycles. The highest BCUT2D eigenvalue weighted by Gasteiger charge is 2.37. The fourth-order valence-electron chi connectivity index (χ4n) is 2.71. The highest BCUT2D eigenvalue weighted by molar-refractivity contribution is 7.89. The average molecular weight is 341 g/mol. The minimum absolute atomic E-state index is 0.0101. The van der Waals surface area contributed by atoms with Crippen LogP contribution in [0.5, 0.6) is 5.75 Å². The maximum absolute atomic E-state index is 12.8. The van der Waals surface area contributed by atoms with Gasteiger partial charge in [-0.3, -0.25) is 4.79 Å². The molecule has 7 heteroatoms. The first-order valence-corrected chi connectivity index (χ1v) is 9.17. The van der Waals surface area contributed by atoms with E-state index in [0.717, 1.165) is 0 Å². The number of carboxylic acid groups (broad SMARTS) is 1. The first kappa shape index (κ1) is 17.7. The number of aliphatic carboxylic acids is 1. The largest absolute Gasteiger partial charge is 0.491 e. The Morgan fingerprint density at radius 2 is 1.87 bits per heavy atom. The van der Waals surface area contributed by atoms with Gasteiger partial charge >= 0.3 is 5.97 Å². The number of nitrogens with zero attached hydrogens (tertiary/aromatic N) is 1. The van der Waals surface area contributed by atoms with Crippen molar-refractivity contribution in [2.45, 2.75) is 50.7 Å². The Morgan fingerprint density at radius 3 is 2.39 bits per heavy atom. The second-order valence-corrected chi connectivity index (χ2v) is 8.06. The first-order chi connectivity index (χ1) is 10.7. The second-order valence-electron chi connectivity index (χ2n) is 6.17. The summed E-state index contributed by atoms with van der Waals surface area (Å²) >= 11 is 0. The van der Waals surface area contributed by atoms with Crippen LogP contribution in [0.25, 0.3) is 0 Å². The number of piperidine rings is 1. The van der Waals surface area contributed by atoms with Crippen LogP contribution in [0.15, 0.2) is 29.2 Å². The molecule has 2 rings (SSSR count). The van der Waals surface area contributed by atoms with Gasteiger partial charge in [0.25, 0.3) is 0 Å². The van der Waals surface area contributed by atoms with Crippen LogP contribution in [-0.2, 0) is 14.8 Å². The van der Waals surface area contributed by atoms with Gasteiger partial charge in [-0.2, -0.15) is 4.31 Å². The van der Waals surface area contributed by atoms with Crippen LogP contribution in [0.3, 0.4) is 0 Å². The van der Waals surface area contributed by atoms with Crippen molar-refractivity contribution in [2.75, 3.05) is 6.54 Å². The summed E-state index contributed by atoms with van der Waals surface area (Å²) in [5.74, 6) is -0.989. The summed E-state index contributed by atoms with van der Waals surface area (Å²) in [7, 11) is -3.71. The van der Waals surface area contributed by atoms with Crippen LogP contribution >= 0.6 is 0 Å². The monoisotopic (exact) mass is 341 g/mol. The van der Waals surface area contributed by atoms with Crippen molar-refractivity contribution in [3.05, 3.63) is 24.3 Å². The molecule has 6 nitrogen and oxygen atoms in total. The maximum atomic E-state index is 12.8. The zero-order valence-electron chi connectivity index (χ0n) is 13.6. The normalized spacial score (nSPS) is 23.0. The molecule has 1 N–H and O–H groups in total. The molecule has 2 unspecified atom stereocenters. The minimum Gasteiger partial charge on any atom is -0.491 e. The van der Waals surface area contributed by atoms with Crippen molar-refractivity contribution in [3.8, 4) is 5.75 Å². The zero-order chi connectivity index (χ0) is 17.2. The predicted molar refractivity (Wildman–Crippen MR) is 85.9 cm³/mol. The molecule has 1 aromatic rings. The molecule has 0 amide bonds. The number of sulfonamides is 1. The Balaban J connectivity index is 2.24. The molecule has 0 radical (unpaired) electrons. The molecule has 0 spiro atoms. The van der Waals surface area contributed by atoms with E-state index in [2.05, 4.69) is 0 Å². The second kappa shape index (κ2) is 6.88. The van der Waals surface area contributed by atoms with Gasteiger partial charge in [-0.1, -0.05) is 0 Å². The Kier molecular flexibility index (Phi) is 5.31. The van der Waals surface area contributed by atoms with Crippen LogP contribution in [0.4, 0.5) is 0 Å². The van der Waals surface area contributed by atoms with Gasteiger partial charge < -0.3 is 9.84 Å². The van der Waals surface area contributed by atoms with Crippen LogP contribution < -0.4 is 4.74 Å². The van der Waals surface area contributed by atoms with Crippen LogP contribution in [0.2, 0.25) is 0 Å². The van der Waals surface area contributed by atoms with E-state index in [1.54, 1.807) is 12.1 Å². The van der Waals surface area contributed by atoms with Crippen molar-refractivity contribution in [3.63, 3.8) is 0 Å². The third-order valence-electron chi connectivity index (χ3n) is 3.98. The zero-order valence-corrected chi connectivity index (χ0v) is 14.4. The van der Waals surface area contributed by atoms with Gasteiger partial charge in [0.2, 0.25) is 10.0 Å². The summed E-state index contributed by atoms with van der Waals surface area (Å²) < 4.78 is 32.4. The molecule has 1 aliphatic heterocycles. The molecule has 128 valence electrons. The minimum atomic E-state index is -3.71. The molecule has 0 aliphatic carbocycles. The highest BCUT2D eigenvalue weighted by Crippen LogP contribution is 2.29. The molecule has 1 fully saturated rings. The topological polar surface area (TPSA) is 83.9 Å². The fraction of sp³-hybridized carbons (Fsp3) is 0.562. The van der Waals surface area contributed by atoms with Crippen molar-refractivity contribution >= 4 is 16.0 Å². The lowest BCUT2D eigenvalue weighted by Crippen LogP contribution is -2.47. The smallest absolute Gasteiger partial charge is 0.307 e. The Morgan fingerprint density at radius 1 is 1.26 bits per heavy atom. The molecule has 1 saturated heterocycles. The van der Waals surface area contributed by atoms with Gasteiger partial charge in [0.15, 0.2) is 0 Å². The summed E-state index contributed by atoms with van der Waals surface area (Å²) in [5.41, 5.74) is 0. The van der Waals surface area contributed by atoms with Gasteiger partial charge in [0, 0.05) is 12.6 Å². The number of rotatable bonds is 5. The van der Waals surface area contributed by atoms with Crippen molar-refractivity contribution in [1.29, 1.82) is 0 Å². The third kappa shape index (κ3) is 4.03. The van der Waals surface area contributed by atoms with Crippen molar-refractivity contribution in [2.24, 2.45) is 5.92 Å². The summed E-state index contributed by atoms with van der Waals surface area (Å²) in [4.78, 5) is 11.3. The van der Waals surface area contributed by atoms with E-state index >= 15 is 0 Å². The van der Waals surface area contributed by atoms with E-state index in [1.165, 1.54) is 16.4 Å². The molecule has 0 saturated carbocycles. The summed E-state index contributed by atoms with van der Waals surface area (Å²) in [6, 6.07) is 6.04. The van der Waals surface area contributed by atoms with Crippen LogP contribution in [0, 0.1) is 5.92 Å². The van der Waals surface area contributed by atoms with Crippen LogP contribution in [0.1, 0.15) is 33.6 Å². The number of hydrogen-bond acceptors (Lipinski definition) is 4. The Hall–Kier alpha value is -1.60. The number of carboxylic acids is 1. The standard InChI is InChI=1S/C16H23NO5S/c1-11(2)22-14-6-8-15(9-7-14)23(20,21)17-10-13(16(18)19)5-4-12(17)3/h6-9,11-13H,4-5,10H2,1-3H3,(H,18,19). The van der Waals surface area contributed by atoms with E-state index in [-0.39, 0.29) is 23.6 Å². The van der Waals surface area contributed by atoms with E-state index in [9.17, 15) is 13.2 Å². The maximum Gasteiger partial charge on any atom is 0.307 e. The van der Waals surface area contributed by atoms with Gasteiger partial charge in [0.05, 0.1) is 16.9 Å². The number of carbonyl (C=O) groups is 1. The number of hydrogen-bond donors (Lipinski definition) is 1. The molecule has 2 atom stereocenters. The average Bonchev–Trinajstić information content (AvgIpc) is 2.47. The molecule has 1 heterocycles. The molecule has 1 aliphatic rings. The lowest BCUT2D eigenvalue weighted by molar-refractivity contribution is -0.143. The summed E-state index contributed by atoms with van der Waals surface area (Å²) in [6.07, 6.45) is 1.06. The van der Waals surface area contributed by atoms with Crippen molar-refractivity contribution < 1.29 is 23.1 Å². The quantitative estimate of drug-likeness (QED) is 0.889. The molecule has 23 heavy (non-hydrogen) atoms. The Labute approximate surface area is 137 Å². The number of benzene rings is 1. The van der Waals surface area contributed by atoms with Crippen molar-refractivity contribution in [1.82, 2.24) is 4.31 Å². The van der Waals surface area contributed by atoms with Crippen LogP contribution in [-0.4, -0.2) is 42.5 Å². The lowest BCUT2D eigenvalue weighted by Gasteiger charge is -2.35. The molecular formula is C16H23NO5S. The third-order valence-corrected chi connectivity index (χ3v) is 5.97. The van der Waals surface area contributed by atoms with E-state index in [1.807, 2.05) is 20.8 Å². The molecular weight excluding hydrogens is 318 g/mol. The van der Waals surface area contributed by atoms with Gasteiger partial charge in [0.1, 0.15) is 5.75 Å². The molecule has 0 bridgehead atoms. The SMILES string of the molecule is CC(C)Oc1ccc(S(=O)(=O)N2CC(C(=O)O)CCC2C)cc1. The van der Waals surface area contributed by atoms with E-state index in [0.29, 0.717) is 18.6 Å². The summed E-state index contributed by atoms with van der Waals surface area (Å²) in [5, 5.41) is 9.16. The lowest BCUT2D eigenvalue weighted by atomic mass is 9.96. The van der Waals surface area contributed by atoms with Gasteiger partial charge in [-0.15, -0.1) is 0 Å². The first-order valence-electron chi connectivity index (χ1n) is 7.73. The summed E-state index contributed by atoms with van der Waals surface area (Å²) in [6.45, 7) is 5.62. The van der Waals surface area contributed by atoms with Gasteiger partial charge in [-0.25, -0.2) is 8.42 Å². The highest BCUT2D eigenvalue weighted by atomic mass is 32.2. The Bertz CT molecular complexity index is 654. The van der Waals surface area contributed by atoms with E-state index < -0.39 is 21.9 Å². The fourth-order valence-corrected chi connectivity index (χ4v) is 4.42. The van der Waals surface area contributed by atoms with E-state index in [4.69, 9.17) is 9.84 Å². The van der Waals surface area contributed by atoms with Gasteiger partial charge in [-0.05, 0) is 57.9 Å². The molecule has 0 aromatic heterocycles. The predicted octanol–water partition coefficient (Wildman–Crippen LogP) is 2.35.